The number of thiazole rings is 1. The minimum absolute atomic E-state index is 0.0459. The smallest absolute Gasteiger partial charge is 0.265 e. The van der Waals surface area contributed by atoms with Gasteiger partial charge in [-0.1, -0.05) is 12.1 Å². The molecule has 33 heavy (non-hydrogen) atoms. The Morgan fingerprint density at radius 2 is 1.85 bits per heavy atom. The minimum atomic E-state index is -3.83. The average molecular weight is 495 g/mol. The van der Waals surface area contributed by atoms with Gasteiger partial charge in [0.15, 0.2) is 0 Å². The highest BCUT2D eigenvalue weighted by molar-refractivity contribution is 7.92. The summed E-state index contributed by atoms with van der Waals surface area (Å²) in [6.07, 6.45) is 1.60. The zero-order chi connectivity index (χ0) is 23.2. The van der Waals surface area contributed by atoms with Crippen LogP contribution in [0.5, 0.6) is 0 Å². The third-order valence-electron chi connectivity index (χ3n) is 5.20. The lowest BCUT2D eigenvalue weighted by atomic mass is 10.2. The lowest BCUT2D eigenvalue weighted by Gasteiger charge is -2.08. The van der Waals surface area contributed by atoms with Crippen LogP contribution in [0.1, 0.15) is 25.5 Å². The Labute approximate surface area is 200 Å². The molecule has 0 atom stereocenters. The Morgan fingerprint density at radius 3 is 2.55 bits per heavy atom. The molecule has 3 aromatic heterocycles. The van der Waals surface area contributed by atoms with Crippen LogP contribution >= 0.6 is 22.7 Å². The van der Waals surface area contributed by atoms with Gasteiger partial charge in [-0.05, 0) is 74.2 Å². The summed E-state index contributed by atoms with van der Waals surface area (Å²) in [5, 5.41) is 7.36. The van der Waals surface area contributed by atoms with Crippen LogP contribution in [0.15, 0.2) is 71.1 Å². The van der Waals surface area contributed by atoms with Crippen molar-refractivity contribution in [3.05, 3.63) is 71.7 Å². The number of aryl methyl sites for hydroxylation is 1. The van der Waals surface area contributed by atoms with Crippen LogP contribution in [0.2, 0.25) is 0 Å². The molecule has 0 aliphatic rings. The Kier molecular flexibility index (Phi) is 5.55. The topological polar surface area (TPSA) is 76.9 Å². The van der Waals surface area contributed by atoms with E-state index in [1.165, 1.54) is 16.9 Å². The molecule has 0 bridgehead atoms. The number of sulfonamides is 1. The molecule has 0 saturated carbocycles. The van der Waals surface area contributed by atoms with Crippen LogP contribution in [0.4, 0.5) is 5.69 Å². The first kappa shape index (κ1) is 21.8. The molecule has 5 aromatic rings. The highest BCUT2D eigenvalue weighted by Crippen LogP contribution is 2.33. The fraction of sp³-hybridized carbons (Fsp3) is 0.167. The van der Waals surface area contributed by atoms with Gasteiger partial charge in [0.2, 0.25) is 0 Å². The molecular formula is C24H22N4O2S3. The molecule has 0 aliphatic heterocycles. The fourth-order valence-electron chi connectivity index (χ4n) is 3.47. The van der Waals surface area contributed by atoms with Crippen LogP contribution < -0.4 is 4.72 Å². The van der Waals surface area contributed by atoms with E-state index in [0.29, 0.717) is 11.4 Å². The Bertz CT molecular complexity index is 1530. The fourth-order valence-corrected chi connectivity index (χ4v) is 6.53. The Balaban J connectivity index is 1.44. The lowest BCUT2D eigenvalue weighted by molar-refractivity contribution is 0.532. The summed E-state index contributed by atoms with van der Waals surface area (Å²) in [4.78, 5) is 5.69. The summed E-state index contributed by atoms with van der Waals surface area (Å²) in [6, 6.07) is 17.3. The van der Waals surface area contributed by atoms with Crippen LogP contribution in [-0.2, 0) is 10.0 Å². The van der Waals surface area contributed by atoms with Crippen molar-refractivity contribution in [1.82, 2.24) is 14.8 Å². The molecule has 9 heteroatoms. The first-order chi connectivity index (χ1) is 15.8. The number of hydrogen-bond acceptors (Lipinski definition) is 6. The predicted octanol–water partition coefficient (Wildman–Crippen LogP) is 6.58. The number of aromatic nitrogens is 3. The second kappa shape index (κ2) is 8.40. The quantitative estimate of drug-likeness (QED) is 0.289. The van der Waals surface area contributed by atoms with Crippen molar-refractivity contribution < 1.29 is 8.42 Å². The van der Waals surface area contributed by atoms with Crippen molar-refractivity contribution in [2.24, 2.45) is 0 Å². The number of benzene rings is 2. The average Bonchev–Trinajstić information content (AvgIpc) is 3.52. The number of nitrogens with one attached hydrogen (secondary N) is 1. The molecule has 0 radical (unpaired) electrons. The number of anilines is 1. The number of thiophene rings is 1. The number of hydrogen-bond donors (Lipinski definition) is 1. The Hall–Kier alpha value is -3.01. The van der Waals surface area contributed by atoms with Crippen LogP contribution in [0, 0.1) is 6.92 Å². The molecule has 5 rings (SSSR count). The maximum absolute atomic E-state index is 13.3. The third kappa shape index (κ3) is 4.31. The number of rotatable bonds is 6. The monoisotopic (exact) mass is 494 g/mol. The van der Waals surface area contributed by atoms with Crippen molar-refractivity contribution in [2.75, 3.05) is 4.72 Å². The third-order valence-corrected chi connectivity index (χ3v) is 8.53. The van der Waals surface area contributed by atoms with E-state index in [0.717, 1.165) is 25.7 Å². The van der Waals surface area contributed by atoms with Crippen molar-refractivity contribution in [3.8, 4) is 21.1 Å². The summed E-state index contributed by atoms with van der Waals surface area (Å²) in [7, 11) is -3.83. The van der Waals surface area contributed by atoms with E-state index < -0.39 is 10.0 Å². The van der Waals surface area contributed by atoms with E-state index in [1.807, 2.05) is 49.6 Å². The van der Waals surface area contributed by atoms with Gasteiger partial charge in [0.25, 0.3) is 10.0 Å². The second-order valence-corrected chi connectivity index (χ2v) is 11.7. The van der Waals surface area contributed by atoms with E-state index in [2.05, 4.69) is 28.9 Å². The molecule has 0 aliphatic carbocycles. The number of fused-ring (bicyclic) bond motifs is 1. The zero-order valence-corrected chi connectivity index (χ0v) is 20.8. The molecule has 3 heterocycles. The zero-order valence-electron chi connectivity index (χ0n) is 18.3. The number of nitrogens with zero attached hydrogens (tertiary/aromatic N) is 3. The van der Waals surface area contributed by atoms with Gasteiger partial charge in [-0.25, -0.2) is 13.4 Å². The standard InChI is InChI=1S/C24H22N4O2S3/c1-15(2)28-14-22(23(26-28)20-5-4-12-31-20)33(29,30)27-18-9-7-17(8-10-18)24-25-19-11-6-16(3)13-21(19)32-24/h4-15,27H,1-3H3. The summed E-state index contributed by atoms with van der Waals surface area (Å²) in [6.45, 7) is 6.00. The second-order valence-electron chi connectivity index (χ2n) is 8.07. The van der Waals surface area contributed by atoms with Gasteiger partial charge in [-0.2, -0.15) is 5.10 Å². The largest absolute Gasteiger partial charge is 0.280 e. The van der Waals surface area contributed by atoms with Gasteiger partial charge < -0.3 is 0 Å². The minimum Gasteiger partial charge on any atom is -0.280 e. The maximum atomic E-state index is 13.3. The summed E-state index contributed by atoms with van der Waals surface area (Å²) in [5.41, 5.74) is 4.07. The predicted molar refractivity (Wildman–Crippen MR) is 137 cm³/mol. The SMILES string of the molecule is Cc1ccc2nc(-c3ccc(NS(=O)(=O)c4cn(C(C)C)nc4-c4cccs4)cc3)sc2c1. The van der Waals surface area contributed by atoms with Gasteiger partial charge in [-0.15, -0.1) is 22.7 Å². The van der Waals surface area contributed by atoms with E-state index in [4.69, 9.17) is 4.98 Å². The lowest BCUT2D eigenvalue weighted by Crippen LogP contribution is -2.13. The van der Waals surface area contributed by atoms with Crippen LogP contribution in [0.3, 0.4) is 0 Å². The first-order valence-corrected chi connectivity index (χ1v) is 13.6. The van der Waals surface area contributed by atoms with Crippen molar-refractivity contribution in [2.45, 2.75) is 31.7 Å². The highest BCUT2D eigenvalue weighted by atomic mass is 32.2. The van der Waals surface area contributed by atoms with E-state index in [9.17, 15) is 8.42 Å². The van der Waals surface area contributed by atoms with Crippen molar-refractivity contribution >= 4 is 48.6 Å². The summed E-state index contributed by atoms with van der Waals surface area (Å²) < 4.78 is 32.1. The van der Waals surface area contributed by atoms with Crippen LogP contribution in [0.25, 0.3) is 31.4 Å². The molecule has 6 nitrogen and oxygen atoms in total. The van der Waals surface area contributed by atoms with Gasteiger partial charge in [0.05, 0.1) is 15.1 Å². The van der Waals surface area contributed by atoms with Crippen LogP contribution in [-0.4, -0.2) is 23.2 Å². The first-order valence-electron chi connectivity index (χ1n) is 10.4. The van der Waals surface area contributed by atoms with Gasteiger partial charge in [0.1, 0.15) is 15.6 Å². The normalized spacial score (nSPS) is 12.0. The molecule has 1 N–H and O–H groups in total. The van der Waals surface area contributed by atoms with E-state index >= 15 is 0 Å². The summed E-state index contributed by atoms with van der Waals surface area (Å²) >= 11 is 3.09. The van der Waals surface area contributed by atoms with Crippen molar-refractivity contribution in [1.29, 1.82) is 0 Å². The van der Waals surface area contributed by atoms with E-state index in [1.54, 1.807) is 34.3 Å². The molecule has 0 saturated heterocycles. The van der Waals surface area contributed by atoms with Gasteiger partial charge >= 0.3 is 0 Å². The molecule has 2 aromatic carbocycles. The van der Waals surface area contributed by atoms with Crippen molar-refractivity contribution in [3.63, 3.8) is 0 Å². The van der Waals surface area contributed by atoms with Gasteiger partial charge in [-0.3, -0.25) is 9.40 Å². The summed E-state index contributed by atoms with van der Waals surface area (Å²) in [5.74, 6) is 0. The molecule has 0 fully saturated rings. The highest BCUT2D eigenvalue weighted by Gasteiger charge is 2.25. The molecular weight excluding hydrogens is 472 g/mol. The molecule has 0 amide bonds. The van der Waals surface area contributed by atoms with E-state index in [-0.39, 0.29) is 10.9 Å². The molecule has 0 unspecified atom stereocenters. The van der Waals surface area contributed by atoms with Gasteiger partial charge in [0, 0.05) is 23.5 Å². The maximum Gasteiger partial charge on any atom is 0.265 e. The molecule has 0 spiro atoms. The Morgan fingerprint density at radius 1 is 1.06 bits per heavy atom. The molecule has 168 valence electrons.